The zero-order chi connectivity index (χ0) is 12.1. The molecule has 1 aromatic carbocycles. The number of rotatable bonds is 4. The Morgan fingerprint density at radius 1 is 1.50 bits per heavy atom. The van der Waals surface area contributed by atoms with Gasteiger partial charge in [-0.1, -0.05) is 35.0 Å². The van der Waals surface area contributed by atoms with Crippen molar-refractivity contribution < 1.29 is 9.53 Å². The van der Waals surface area contributed by atoms with Crippen LogP contribution in [0.2, 0.25) is 0 Å². The van der Waals surface area contributed by atoms with Gasteiger partial charge in [0.1, 0.15) is 0 Å². The highest BCUT2D eigenvalue weighted by atomic mass is 79.9. The summed E-state index contributed by atoms with van der Waals surface area (Å²) in [4.78, 5) is 11.5. The summed E-state index contributed by atoms with van der Waals surface area (Å²) < 4.78 is 6.08. The van der Waals surface area contributed by atoms with Gasteiger partial charge in [0.05, 0.1) is 12.5 Å². The van der Waals surface area contributed by atoms with Crippen LogP contribution in [0.3, 0.4) is 0 Å². The van der Waals surface area contributed by atoms with Gasteiger partial charge < -0.3 is 4.74 Å². The molecule has 0 heterocycles. The van der Waals surface area contributed by atoms with E-state index in [0.29, 0.717) is 6.61 Å². The second-order valence-electron chi connectivity index (χ2n) is 3.94. The monoisotopic (exact) mass is 284 g/mol. The minimum absolute atomic E-state index is 0.0828. The minimum atomic E-state index is -0.122. The lowest BCUT2D eigenvalue weighted by Crippen LogP contribution is -2.16. The summed E-state index contributed by atoms with van der Waals surface area (Å²) in [6.07, 6.45) is 0.729. The number of carbonyl (C=O) groups is 1. The molecule has 0 saturated heterocycles. The minimum Gasteiger partial charge on any atom is -0.466 e. The Balaban J connectivity index is 2.66. The molecule has 88 valence electrons. The van der Waals surface area contributed by atoms with Crippen LogP contribution < -0.4 is 0 Å². The Hall–Kier alpha value is -0.830. The lowest BCUT2D eigenvalue weighted by atomic mass is 10.00. The Labute approximate surface area is 105 Å². The molecule has 0 aliphatic heterocycles. The number of ether oxygens (including phenoxy) is 1. The number of hydrogen-bond donors (Lipinski definition) is 0. The average Bonchev–Trinajstić information content (AvgIpc) is 2.24. The van der Waals surface area contributed by atoms with Crippen LogP contribution in [0.1, 0.15) is 25.0 Å². The van der Waals surface area contributed by atoms with Gasteiger partial charge in [-0.3, -0.25) is 4.79 Å². The van der Waals surface area contributed by atoms with Crippen molar-refractivity contribution in [3.8, 4) is 0 Å². The van der Waals surface area contributed by atoms with E-state index < -0.39 is 0 Å². The Bertz CT molecular complexity index is 374. The highest BCUT2D eigenvalue weighted by molar-refractivity contribution is 9.10. The van der Waals surface area contributed by atoms with Crippen LogP contribution in [0.25, 0.3) is 0 Å². The zero-order valence-corrected chi connectivity index (χ0v) is 11.5. The third-order valence-electron chi connectivity index (χ3n) is 2.45. The smallest absolute Gasteiger partial charge is 0.308 e. The Kier molecular flexibility index (Phi) is 5.00. The van der Waals surface area contributed by atoms with Gasteiger partial charge in [0.15, 0.2) is 0 Å². The van der Waals surface area contributed by atoms with Crippen LogP contribution in [-0.4, -0.2) is 12.6 Å². The summed E-state index contributed by atoms with van der Waals surface area (Å²) in [5, 5.41) is 0. The highest BCUT2D eigenvalue weighted by Gasteiger charge is 2.14. The fourth-order valence-corrected chi connectivity index (χ4v) is 1.80. The van der Waals surface area contributed by atoms with Crippen LogP contribution in [0.5, 0.6) is 0 Å². The van der Waals surface area contributed by atoms with Crippen molar-refractivity contribution in [2.24, 2.45) is 5.92 Å². The zero-order valence-electron chi connectivity index (χ0n) is 9.92. The van der Waals surface area contributed by atoms with Gasteiger partial charge >= 0.3 is 5.97 Å². The van der Waals surface area contributed by atoms with Crippen molar-refractivity contribution >= 4 is 21.9 Å². The van der Waals surface area contributed by atoms with Gasteiger partial charge in [0.2, 0.25) is 0 Å². The maximum absolute atomic E-state index is 11.5. The van der Waals surface area contributed by atoms with Crippen LogP contribution in [-0.2, 0) is 16.0 Å². The van der Waals surface area contributed by atoms with E-state index >= 15 is 0 Å². The summed E-state index contributed by atoms with van der Waals surface area (Å²) in [5.41, 5.74) is 2.36. The summed E-state index contributed by atoms with van der Waals surface area (Å²) in [5.74, 6) is -0.205. The molecule has 0 radical (unpaired) electrons. The summed E-state index contributed by atoms with van der Waals surface area (Å²) in [6.45, 7) is 6.22. The Morgan fingerprint density at radius 3 is 2.75 bits per heavy atom. The molecule has 0 aliphatic rings. The van der Waals surface area contributed by atoms with Gasteiger partial charge in [0.25, 0.3) is 0 Å². The van der Waals surface area contributed by atoms with E-state index in [1.165, 1.54) is 11.1 Å². The first-order valence-corrected chi connectivity index (χ1v) is 6.25. The van der Waals surface area contributed by atoms with Crippen molar-refractivity contribution in [2.75, 3.05) is 6.61 Å². The maximum Gasteiger partial charge on any atom is 0.308 e. The largest absolute Gasteiger partial charge is 0.466 e. The fourth-order valence-electron chi connectivity index (χ4n) is 1.56. The summed E-state index contributed by atoms with van der Waals surface area (Å²) in [7, 11) is 0. The number of carbonyl (C=O) groups excluding carboxylic acids is 1. The molecule has 0 fully saturated rings. The fraction of sp³-hybridized carbons (Fsp3) is 0.462. The van der Waals surface area contributed by atoms with Crippen molar-refractivity contribution in [3.63, 3.8) is 0 Å². The molecule has 1 unspecified atom stereocenters. The topological polar surface area (TPSA) is 26.3 Å². The second kappa shape index (κ2) is 6.04. The van der Waals surface area contributed by atoms with Gasteiger partial charge in [-0.25, -0.2) is 0 Å². The molecule has 0 aromatic heterocycles. The third-order valence-corrected chi connectivity index (χ3v) is 3.34. The molecular weight excluding hydrogens is 268 g/mol. The molecule has 3 heteroatoms. The molecular formula is C13H17BrO2. The van der Waals surface area contributed by atoms with Gasteiger partial charge in [-0.05, 0) is 37.5 Å². The van der Waals surface area contributed by atoms with Gasteiger partial charge in [-0.2, -0.15) is 0 Å². The predicted molar refractivity (Wildman–Crippen MR) is 68.4 cm³/mol. The van der Waals surface area contributed by atoms with Crippen LogP contribution in [0, 0.1) is 12.8 Å². The van der Waals surface area contributed by atoms with E-state index in [1.807, 2.05) is 32.9 Å². The lowest BCUT2D eigenvalue weighted by molar-refractivity contribution is -0.147. The first kappa shape index (κ1) is 13.2. The van der Waals surface area contributed by atoms with E-state index in [-0.39, 0.29) is 11.9 Å². The number of halogens is 1. The molecule has 0 N–H and O–H groups in total. The van der Waals surface area contributed by atoms with Gasteiger partial charge in [0, 0.05) is 4.47 Å². The van der Waals surface area contributed by atoms with Crippen LogP contribution in [0.4, 0.5) is 0 Å². The molecule has 0 saturated carbocycles. The number of benzene rings is 1. The average molecular weight is 285 g/mol. The van der Waals surface area contributed by atoms with Crippen molar-refractivity contribution in [1.29, 1.82) is 0 Å². The molecule has 1 atom stereocenters. The number of aryl methyl sites for hydroxylation is 1. The standard InChI is InChI=1S/C13H17BrO2/c1-4-16-13(15)10(3)8-11-5-6-12(14)9(2)7-11/h5-7,10H,4,8H2,1-3H3. The Morgan fingerprint density at radius 2 is 2.19 bits per heavy atom. The quantitative estimate of drug-likeness (QED) is 0.791. The second-order valence-corrected chi connectivity index (χ2v) is 4.80. The summed E-state index contributed by atoms with van der Waals surface area (Å²) in [6, 6.07) is 6.15. The molecule has 0 aliphatic carbocycles. The first-order valence-electron chi connectivity index (χ1n) is 5.46. The van der Waals surface area contributed by atoms with E-state index in [1.54, 1.807) is 0 Å². The molecule has 16 heavy (non-hydrogen) atoms. The lowest BCUT2D eigenvalue weighted by Gasteiger charge is -2.11. The van der Waals surface area contributed by atoms with Crippen LogP contribution >= 0.6 is 15.9 Å². The molecule has 1 aromatic rings. The third kappa shape index (κ3) is 3.63. The van der Waals surface area contributed by atoms with Crippen LogP contribution in [0.15, 0.2) is 22.7 Å². The molecule has 0 spiro atoms. The number of hydrogen-bond acceptors (Lipinski definition) is 2. The number of esters is 1. The highest BCUT2D eigenvalue weighted by Crippen LogP contribution is 2.19. The van der Waals surface area contributed by atoms with Crippen molar-refractivity contribution in [2.45, 2.75) is 27.2 Å². The predicted octanol–water partition coefficient (Wildman–Crippen LogP) is 3.50. The first-order chi connectivity index (χ1) is 7.54. The van der Waals surface area contributed by atoms with Crippen molar-refractivity contribution in [3.05, 3.63) is 33.8 Å². The SMILES string of the molecule is CCOC(=O)C(C)Cc1ccc(Br)c(C)c1. The van der Waals surface area contributed by atoms with E-state index in [0.717, 1.165) is 10.9 Å². The molecule has 2 nitrogen and oxygen atoms in total. The normalized spacial score (nSPS) is 12.2. The molecule has 1 rings (SSSR count). The molecule has 0 amide bonds. The van der Waals surface area contributed by atoms with E-state index in [4.69, 9.17) is 4.74 Å². The van der Waals surface area contributed by atoms with E-state index in [9.17, 15) is 4.79 Å². The molecule has 0 bridgehead atoms. The van der Waals surface area contributed by atoms with Gasteiger partial charge in [-0.15, -0.1) is 0 Å². The van der Waals surface area contributed by atoms with Crippen molar-refractivity contribution in [1.82, 2.24) is 0 Å². The van der Waals surface area contributed by atoms with E-state index in [2.05, 4.69) is 22.0 Å². The summed E-state index contributed by atoms with van der Waals surface area (Å²) >= 11 is 3.46. The maximum atomic E-state index is 11.5.